The van der Waals surface area contributed by atoms with E-state index in [9.17, 15) is 0 Å². The van der Waals surface area contributed by atoms with Crippen molar-refractivity contribution >= 4 is 6.08 Å². The van der Waals surface area contributed by atoms with E-state index in [0.29, 0.717) is 12.4 Å². The van der Waals surface area contributed by atoms with Crippen LogP contribution in [0.1, 0.15) is 31.4 Å². The molecule has 0 saturated carbocycles. The first-order valence-corrected chi connectivity index (χ1v) is 9.56. The molecule has 0 aliphatic carbocycles. The van der Waals surface area contributed by atoms with E-state index >= 15 is 0 Å². The van der Waals surface area contributed by atoms with Crippen LogP contribution in [0.5, 0.6) is 11.5 Å². The molecule has 0 N–H and O–H groups in total. The Hall–Kier alpha value is -2.34. The highest BCUT2D eigenvalue weighted by molar-refractivity contribution is 5.56. The number of benzene rings is 2. The smallest absolute Gasteiger partial charge is 0.187 e. The fourth-order valence-electron chi connectivity index (χ4n) is 3.52. The molecule has 5 nitrogen and oxygen atoms in total. The van der Waals surface area contributed by atoms with Crippen molar-refractivity contribution in [2.45, 2.75) is 51.2 Å². The number of hydrogen-bond acceptors (Lipinski definition) is 5. The van der Waals surface area contributed by atoms with Crippen molar-refractivity contribution in [1.29, 1.82) is 0 Å². The Balaban J connectivity index is 1.37. The van der Waals surface area contributed by atoms with Crippen LogP contribution < -0.4 is 9.47 Å². The van der Waals surface area contributed by atoms with Crippen molar-refractivity contribution in [2.24, 2.45) is 0 Å². The van der Waals surface area contributed by atoms with Crippen LogP contribution in [0.25, 0.3) is 6.08 Å². The van der Waals surface area contributed by atoms with Gasteiger partial charge < -0.3 is 23.7 Å². The van der Waals surface area contributed by atoms with Gasteiger partial charge in [-0.3, -0.25) is 0 Å². The summed E-state index contributed by atoms with van der Waals surface area (Å²) in [6.07, 6.45) is 4.55. The molecule has 0 spiro atoms. The molecule has 2 aromatic carbocycles. The van der Waals surface area contributed by atoms with E-state index in [-0.39, 0.29) is 18.5 Å². The molecular weight excluding hydrogens is 356 g/mol. The van der Waals surface area contributed by atoms with E-state index in [0.717, 1.165) is 23.3 Å². The van der Waals surface area contributed by atoms with Gasteiger partial charge in [-0.15, -0.1) is 0 Å². The van der Waals surface area contributed by atoms with E-state index < -0.39 is 5.79 Å². The van der Waals surface area contributed by atoms with Crippen LogP contribution in [0.15, 0.2) is 54.6 Å². The van der Waals surface area contributed by atoms with E-state index in [1.807, 2.05) is 74.5 Å². The highest BCUT2D eigenvalue weighted by atomic mass is 16.8. The normalized spacial score (nSPS) is 25.8. The highest BCUT2D eigenvalue weighted by Gasteiger charge is 2.47. The number of ether oxygens (including phenoxy) is 5. The molecule has 2 aliphatic heterocycles. The second kappa shape index (κ2) is 7.95. The molecule has 2 fully saturated rings. The Morgan fingerprint density at radius 2 is 1.89 bits per heavy atom. The molecule has 3 atom stereocenters. The maximum atomic E-state index is 5.92. The topological polar surface area (TPSA) is 46.2 Å². The summed E-state index contributed by atoms with van der Waals surface area (Å²) >= 11 is 0. The summed E-state index contributed by atoms with van der Waals surface area (Å²) in [5.41, 5.74) is 2.14. The highest BCUT2D eigenvalue weighted by Crippen LogP contribution is 2.37. The zero-order valence-electron chi connectivity index (χ0n) is 16.5. The minimum Gasteiger partial charge on any atom is -0.493 e. The Morgan fingerprint density at radius 3 is 2.64 bits per heavy atom. The Bertz CT molecular complexity index is 814. The van der Waals surface area contributed by atoms with E-state index in [1.165, 1.54) is 0 Å². The second-order valence-electron chi connectivity index (χ2n) is 7.50. The summed E-state index contributed by atoms with van der Waals surface area (Å²) in [6, 6.07) is 16.0. The zero-order chi connectivity index (χ0) is 19.6. The average Bonchev–Trinajstić information content (AvgIpc) is 3.18. The number of methoxy groups -OCH3 is 1. The van der Waals surface area contributed by atoms with Crippen molar-refractivity contribution in [2.75, 3.05) is 7.11 Å². The molecule has 5 heteroatoms. The molecule has 28 heavy (non-hydrogen) atoms. The molecule has 0 bridgehead atoms. The number of rotatable bonds is 6. The molecule has 0 amide bonds. The first kappa shape index (κ1) is 19.0. The first-order valence-electron chi connectivity index (χ1n) is 9.56. The van der Waals surface area contributed by atoms with Crippen LogP contribution in [0.3, 0.4) is 0 Å². The van der Waals surface area contributed by atoms with Crippen LogP contribution in [0.4, 0.5) is 0 Å². The molecule has 2 aromatic rings. The summed E-state index contributed by atoms with van der Waals surface area (Å²) in [5.74, 6) is 0.863. The summed E-state index contributed by atoms with van der Waals surface area (Å²) in [6.45, 7) is 4.32. The third-order valence-corrected chi connectivity index (χ3v) is 4.84. The standard InChI is InChI=1S/C23H26O5/c1-23(2)27-21-14-18(26-22(21)28-23)11-9-16-10-12-19(20(13-16)24-3)25-15-17-7-5-4-6-8-17/h4-13,18,21-22H,14-15H2,1-3H3/b11-9-/t18-,21-,22-/m1/s1. The van der Waals surface area contributed by atoms with Gasteiger partial charge in [-0.1, -0.05) is 48.6 Å². The average molecular weight is 382 g/mol. The summed E-state index contributed by atoms with van der Waals surface area (Å²) in [4.78, 5) is 0. The minimum absolute atomic E-state index is 0.00653. The summed E-state index contributed by atoms with van der Waals surface area (Å²) in [5, 5.41) is 0. The summed E-state index contributed by atoms with van der Waals surface area (Å²) < 4.78 is 28.9. The van der Waals surface area contributed by atoms with Gasteiger partial charge >= 0.3 is 0 Å². The Labute approximate surface area is 165 Å². The van der Waals surface area contributed by atoms with Gasteiger partial charge in [-0.2, -0.15) is 0 Å². The predicted octanol–water partition coefficient (Wildman–Crippen LogP) is 4.55. The van der Waals surface area contributed by atoms with Gasteiger partial charge in [0.2, 0.25) is 0 Å². The van der Waals surface area contributed by atoms with Crippen molar-refractivity contribution in [1.82, 2.24) is 0 Å². The minimum atomic E-state index is -0.563. The van der Waals surface area contributed by atoms with Gasteiger partial charge in [0.1, 0.15) is 12.7 Å². The molecular formula is C23H26O5. The quantitative estimate of drug-likeness (QED) is 0.733. The van der Waals surface area contributed by atoms with Crippen LogP contribution in [0, 0.1) is 0 Å². The van der Waals surface area contributed by atoms with Gasteiger partial charge in [0, 0.05) is 6.42 Å². The second-order valence-corrected chi connectivity index (χ2v) is 7.50. The van der Waals surface area contributed by atoms with Gasteiger partial charge in [-0.25, -0.2) is 0 Å². The lowest BCUT2D eigenvalue weighted by Gasteiger charge is -2.19. The Morgan fingerprint density at radius 1 is 1.07 bits per heavy atom. The molecule has 2 aliphatic rings. The fraction of sp³-hybridized carbons (Fsp3) is 0.391. The lowest BCUT2D eigenvalue weighted by Crippen LogP contribution is -2.24. The van der Waals surface area contributed by atoms with Gasteiger partial charge in [0.25, 0.3) is 0 Å². The third-order valence-electron chi connectivity index (χ3n) is 4.84. The molecule has 2 saturated heterocycles. The molecule has 0 aromatic heterocycles. The van der Waals surface area contributed by atoms with Gasteiger partial charge in [0.05, 0.1) is 13.2 Å². The maximum absolute atomic E-state index is 5.92. The Kier molecular flexibility index (Phi) is 5.40. The van der Waals surface area contributed by atoms with E-state index in [1.54, 1.807) is 7.11 Å². The number of hydrogen-bond donors (Lipinski definition) is 0. The van der Waals surface area contributed by atoms with Crippen molar-refractivity contribution in [3.05, 3.63) is 65.7 Å². The fourth-order valence-corrected chi connectivity index (χ4v) is 3.52. The van der Waals surface area contributed by atoms with Crippen molar-refractivity contribution in [3.63, 3.8) is 0 Å². The maximum Gasteiger partial charge on any atom is 0.187 e. The molecule has 148 valence electrons. The van der Waals surface area contributed by atoms with Crippen LogP contribution in [-0.4, -0.2) is 31.4 Å². The third kappa shape index (κ3) is 4.38. The van der Waals surface area contributed by atoms with Crippen LogP contribution in [-0.2, 0) is 20.8 Å². The summed E-state index contributed by atoms with van der Waals surface area (Å²) in [7, 11) is 1.65. The largest absolute Gasteiger partial charge is 0.493 e. The van der Waals surface area contributed by atoms with Crippen LogP contribution in [0.2, 0.25) is 0 Å². The molecule has 2 heterocycles. The predicted molar refractivity (Wildman–Crippen MR) is 106 cm³/mol. The van der Waals surface area contributed by atoms with E-state index in [2.05, 4.69) is 0 Å². The van der Waals surface area contributed by atoms with Crippen molar-refractivity contribution < 1.29 is 23.7 Å². The molecule has 0 unspecified atom stereocenters. The first-order chi connectivity index (χ1) is 13.5. The lowest BCUT2D eigenvalue weighted by molar-refractivity contribution is -0.199. The van der Waals surface area contributed by atoms with Crippen LogP contribution >= 0.6 is 0 Å². The van der Waals surface area contributed by atoms with Gasteiger partial charge in [-0.05, 0) is 37.1 Å². The SMILES string of the molecule is COc1cc(/C=C\[C@@H]2C[C@H]3OC(C)(C)O[C@H]3O2)ccc1OCc1ccccc1. The van der Waals surface area contributed by atoms with Gasteiger partial charge in [0.15, 0.2) is 23.6 Å². The number of fused-ring (bicyclic) bond motifs is 1. The zero-order valence-corrected chi connectivity index (χ0v) is 16.5. The monoisotopic (exact) mass is 382 g/mol. The van der Waals surface area contributed by atoms with E-state index in [4.69, 9.17) is 23.7 Å². The lowest BCUT2D eigenvalue weighted by atomic mass is 10.1. The van der Waals surface area contributed by atoms with Crippen molar-refractivity contribution in [3.8, 4) is 11.5 Å². The molecule has 4 rings (SSSR count). The molecule has 0 radical (unpaired) electrons.